The highest BCUT2D eigenvalue weighted by atomic mass is 28.4. The van der Waals surface area contributed by atoms with Gasteiger partial charge in [0.1, 0.15) is 6.26 Å². The van der Waals surface area contributed by atoms with Gasteiger partial charge in [0.05, 0.1) is 5.69 Å². The zero-order chi connectivity index (χ0) is 20.0. The van der Waals surface area contributed by atoms with E-state index in [0.717, 1.165) is 37.1 Å². The van der Waals surface area contributed by atoms with E-state index in [-0.39, 0.29) is 0 Å². The minimum Gasteiger partial charge on any atom is -0.444 e. The number of hydrogen-bond acceptors (Lipinski definition) is 3. The molecule has 0 fully saturated rings. The van der Waals surface area contributed by atoms with Gasteiger partial charge < -0.3 is 8.84 Å². The Balaban J connectivity index is 1.84. The van der Waals surface area contributed by atoms with Gasteiger partial charge in [0.2, 0.25) is 5.89 Å². The Kier molecular flexibility index (Phi) is 7.87. The topological polar surface area (TPSA) is 35.3 Å². The molecule has 0 spiro atoms. The standard InChI is InChI=1S/C23H37NO2Si/c1-17(2)27(18(3)4,19(5)6)26-15-9-8-10-22-16-25-23(24-22)21-13-11-20(7)12-14-21/h11-14,16-19H,8-10,15H2,1-7H3. The lowest BCUT2D eigenvalue weighted by Crippen LogP contribution is -2.47. The van der Waals surface area contributed by atoms with Gasteiger partial charge in [0.25, 0.3) is 0 Å². The van der Waals surface area contributed by atoms with Crippen LogP contribution in [0.4, 0.5) is 0 Å². The summed E-state index contributed by atoms with van der Waals surface area (Å²) >= 11 is 0. The van der Waals surface area contributed by atoms with Crippen LogP contribution >= 0.6 is 0 Å². The van der Waals surface area contributed by atoms with E-state index in [9.17, 15) is 0 Å². The second kappa shape index (κ2) is 9.70. The second-order valence-corrected chi connectivity index (χ2v) is 14.1. The molecule has 0 N–H and O–H groups in total. The predicted octanol–water partition coefficient (Wildman–Crippen LogP) is 7.16. The van der Waals surface area contributed by atoms with Crippen molar-refractivity contribution >= 4 is 8.32 Å². The summed E-state index contributed by atoms with van der Waals surface area (Å²) in [5.74, 6) is 0.715. The molecule has 0 radical (unpaired) electrons. The van der Waals surface area contributed by atoms with Crippen LogP contribution in [0, 0.1) is 6.92 Å². The van der Waals surface area contributed by atoms with Gasteiger partial charge in [-0.1, -0.05) is 59.2 Å². The Morgan fingerprint density at radius 2 is 1.52 bits per heavy atom. The summed E-state index contributed by atoms with van der Waals surface area (Å²) in [6, 6.07) is 8.30. The maximum absolute atomic E-state index is 6.63. The molecule has 0 saturated heterocycles. The summed E-state index contributed by atoms with van der Waals surface area (Å²) in [5.41, 5.74) is 5.25. The Hall–Kier alpha value is -1.39. The molecule has 0 bridgehead atoms. The van der Waals surface area contributed by atoms with Gasteiger partial charge in [-0.25, -0.2) is 4.98 Å². The maximum atomic E-state index is 6.63. The lowest BCUT2D eigenvalue weighted by atomic mass is 10.1. The lowest BCUT2D eigenvalue weighted by Gasteiger charge is -2.42. The van der Waals surface area contributed by atoms with Crippen molar-refractivity contribution in [3.05, 3.63) is 41.8 Å². The molecule has 2 rings (SSSR count). The van der Waals surface area contributed by atoms with Gasteiger partial charge >= 0.3 is 0 Å². The molecule has 150 valence electrons. The molecule has 0 saturated carbocycles. The Morgan fingerprint density at radius 3 is 2.07 bits per heavy atom. The van der Waals surface area contributed by atoms with Gasteiger partial charge in [-0.05, 0) is 54.9 Å². The molecule has 4 heteroatoms. The highest BCUT2D eigenvalue weighted by Crippen LogP contribution is 2.42. The molecule has 1 aromatic carbocycles. The van der Waals surface area contributed by atoms with Crippen LogP contribution in [-0.2, 0) is 10.8 Å². The SMILES string of the molecule is Cc1ccc(-c2nc(CCCCO[Si](C(C)C)(C(C)C)C(C)C)co2)cc1. The van der Waals surface area contributed by atoms with Crippen molar-refractivity contribution in [1.82, 2.24) is 4.98 Å². The van der Waals surface area contributed by atoms with E-state index < -0.39 is 8.32 Å². The number of nitrogens with zero attached hydrogens (tertiary/aromatic N) is 1. The van der Waals surface area contributed by atoms with Gasteiger partial charge in [-0.15, -0.1) is 0 Å². The number of rotatable bonds is 10. The monoisotopic (exact) mass is 387 g/mol. The third-order valence-electron chi connectivity index (χ3n) is 5.74. The molecule has 0 aliphatic rings. The van der Waals surface area contributed by atoms with Crippen LogP contribution in [0.25, 0.3) is 11.5 Å². The average Bonchev–Trinajstić information content (AvgIpc) is 3.06. The zero-order valence-electron chi connectivity index (χ0n) is 18.2. The summed E-state index contributed by atoms with van der Waals surface area (Å²) < 4.78 is 12.3. The minimum absolute atomic E-state index is 0.644. The van der Waals surface area contributed by atoms with E-state index in [4.69, 9.17) is 8.84 Å². The normalized spacial score (nSPS) is 12.5. The van der Waals surface area contributed by atoms with Gasteiger partial charge in [-0.3, -0.25) is 0 Å². The van der Waals surface area contributed by atoms with Crippen LogP contribution in [-0.4, -0.2) is 19.9 Å². The van der Waals surface area contributed by atoms with Crippen molar-refractivity contribution in [2.45, 2.75) is 84.4 Å². The molecular formula is C23H37NO2Si. The van der Waals surface area contributed by atoms with Gasteiger partial charge in [-0.2, -0.15) is 0 Å². The lowest BCUT2D eigenvalue weighted by molar-refractivity contribution is 0.269. The molecular weight excluding hydrogens is 350 g/mol. The molecule has 0 atom stereocenters. The molecule has 0 amide bonds. The third-order valence-corrected chi connectivity index (χ3v) is 11.9. The second-order valence-electron chi connectivity index (χ2n) is 8.63. The molecule has 1 aromatic heterocycles. The summed E-state index contributed by atoms with van der Waals surface area (Å²) in [4.78, 5) is 4.64. The minimum atomic E-state index is -1.74. The van der Waals surface area contributed by atoms with Crippen molar-refractivity contribution in [3.8, 4) is 11.5 Å². The summed E-state index contributed by atoms with van der Waals surface area (Å²) in [6.07, 6.45) is 4.90. The number of benzene rings is 1. The first-order chi connectivity index (χ1) is 12.8. The van der Waals surface area contributed by atoms with Crippen molar-refractivity contribution in [2.24, 2.45) is 0 Å². The number of aryl methyl sites for hydroxylation is 2. The van der Waals surface area contributed by atoms with E-state index >= 15 is 0 Å². The van der Waals surface area contributed by atoms with Gasteiger partial charge in [0.15, 0.2) is 8.32 Å². The molecule has 3 nitrogen and oxygen atoms in total. The number of aromatic nitrogens is 1. The first kappa shape index (κ1) is 21.9. The molecule has 0 unspecified atom stereocenters. The highest BCUT2D eigenvalue weighted by molar-refractivity contribution is 6.77. The quantitative estimate of drug-likeness (QED) is 0.320. The predicted molar refractivity (Wildman–Crippen MR) is 117 cm³/mol. The number of hydrogen-bond donors (Lipinski definition) is 0. The molecule has 27 heavy (non-hydrogen) atoms. The Labute approximate surface area is 166 Å². The molecule has 0 aliphatic carbocycles. The Bertz CT molecular complexity index is 667. The van der Waals surface area contributed by atoms with Crippen molar-refractivity contribution < 1.29 is 8.84 Å². The number of unbranched alkanes of at least 4 members (excludes halogenated alkanes) is 1. The van der Waals surface area contributed by atoms with Crippen LogP contribution in [0.2, 0.25) is 16.6 Å². The fourth-order valence-electron chi connectivity index (χ4n) is 4.41. The van der Waals surface area contributed by atoms with Crippen LogP contribution in [0.5, 0.6) is 0 Å². The van der Waals surface area contributed by atoms with Crippen molar-refractivity contribution in [3.63, 3.8) is 0 Å². The molecule has 0 aliphatic heterocycles. The Morgan fingerprint density at radius 1 is 0.926 bits per heavy atom. The third kappa shape index (κ3) is 5.32. The summed E-state index contributed by atoms with van der Waals surface area (Å²) in [7, 11) is -1.74. The largest absolute Gasteiger partial charge is 0.444 e. The van der Waals surface area contributed by atoms with Crippen LogP contribution in [0.1, 0.15) is 65.6 Å². The first-order valence-electron chi connectivity index (χ1n) is 10.4. The van der Waals surface area contributed by atoms with Crippen LogP contribution < -0.4 is 0 Å². The number of oxazole rings is 1. The van der Waals surface area contributed by atoms with Crippen LogP contribution in [0.15, 0.2) is 34.9 Å². The summed E-state index contributed by atoms with van der Waals surface area (Å²) in [6.45, 7) is 17.0. The molecule has 2 aromatic rings. The highest BCUT2D eigenvalue weighted by Gasteiger charge is 2.44. The fraction of sp³-hybridized carbons (Fsp3) is 0.609. The van der Waals surface area contributed by atoms with E-state index in [1.807, 2.05) is 0 Å². The van der Waals surface area contributed by atoms with E-state index in [1.165, 1.54) is 5.56 Å². The zero-order valence-corrected chi connectivity index (χ0v) is 19.2. The van der Waals surface area contributed by atoms with Crippen LogP contribution in [0.3, 0.4) is 0 Å². The maximum Gasteiger partial charge on any atom is 0.226 e. The van der Waals surface area contributed by atoms with E-state index in [2.05, 4.69) is 77.7 Å². The fourth-order valence-corrected chi connectivity index (χ4v) is 9.91. The first-order valence-corrected chi connectivity index (χ1v) is 12.6. The van der Waals surface area contributed by atoms with Crippen molar-refractivity contribution in [1.29, 1.82) is 0 Å². The van der Waals surface area contributed by atoms with E-state index in [1.54, 1.807) is 6.26 Å². The summed E-state index contributed by atoms with van der Waals surface area (Å²) in [5, 5.41) is 0. The van der Waals surface area contributed by atoms with E-state index in [0.29, 0.717) is 22.5 Å². The average molecular weight is 388 g/mol. The van der Waals surface area contributed by atoms with Gasteiger partial charge in [0, 0.05) is 12.2 Å². The van der Waals surface area contributed by atoms with Crippen molar-refractivity contribution in [2.75, 3.05) is 6.61 Å². The molecule has 1 heterocycles. The smallest absolute Gasteiger partial charge is 0.226 e.